The summed E-state index contributed by atoms with van der Waals surface area (Å²) in [7, 11) is 0. The van der Waals surface area contributed by atoms with Crippen LogP contribution in [0.3, 0.4) is 0 Å². The van der Waals surface area contributed by atoms with Gasteiger partial charge < -0.3 is 10.5 Å². The number of rotatable bonds is 1. The van der Waals surface area contributed by atoms with Crippen molar-refractivity contribution in [3.05, 3.63) is 26.6 Å². The van der Waals surface area contributed by atoms with Gasteiger partial charge in [-0.15, -0.1) is 0 Å². The molecule has 0 bridgehead atoms. The fourth-order valence-electron chi connectivity index (χ4n) is 1.65. The van der Waals surface area contributed by atoms with E-state index in [2.05, 4.69) is 37.9 Å². The summed E-state index contributed by atoms with van der Waals surface area (Å²) >= 11 is 6.95. The van der Waals surface area contributed by atoms with Crippen LogP contribution in [-0.2, 0) is 6.42 Å². The van der Waals surface area contributed by atoms with Crippen LogP contribution in [-0.4, -0.2) is 13.2 Å². The second kappa shape index (κ2) is 4.21. The minimum absolute atomic E-state index is 0.448. The largest absolute Gasteiger partial charge is 0.492 e. The third-order valence-electron chi connectivity index (χ3n) is 2.39. The molecular weight excluding hydrogens is 310 g/mol. The zero-order valence-corrected chi connectivity index (χ0v) is 10.8. The van der Waals surface area contributed by atoms with Crippen LogP contribution < -0.4 is 10.5 Å². The molecule has 0 radical (unpaired) electrons. The molecule has 4 heteroatoms. The second-order valence-electron chi connectivity index (χ2n) is 3.49. The van der Waals surface area contributed by atoms with Gasteiger partial charge in [0.05, 0.1) is 11.1 Å². The van der Waals surface area contributed by atoms with Crippen molar-refractivity contribution in [1.82, 2.24) is 0 Å². The van der Waals surface area contributed by atoms with Crippen molar-refractivity contribution in [3.63, 3.8) is 0 Å². The van der Waals surface area contributed by atoms with Gasteiger partial charge >= 0.3 is 0 Å². The topological polar surface area (TPSA) is 35.2 Å². The van der Waals surface area contributed by atoms with E-state index in [1.54, 1.807) is 0 Å². The van der Waals surface area contributed by atoms with Crippen molar-refractivity contribution in [2.24, 2.45) is 11.7 Å². The molecule has 2 rings (SSSR count). The highest BCUT2D eigenvalue weighted by molar-refractivity contribution is 9.11. The predicted octanol–water partition coefficient (Wildman–Crippen LogP) is 2.72. The van der Waals surface area contributed by atoms with Gasteiger partial charge in [-0.2, -0.15) is 0 Å². The molecule has 1 unspecified atom stereocenters. The summed E-state index contributed by atoms with van der Waals surface area (Å²) in [5.74, 6) is 1.42. The first-order chi connectivity index (χ1) is 6.70. The van der Waals surface area contributed by atoms with E-state index in [0.29, 0.717) is 12.5 Å². The first-order valence-electron chi connectivity index (χ1n) is 4.51. The molecule has 2 N–H and O–H groups in total. The number of benzene rings is 1. The minimum Gasteiger partial charge on any atom is -0.492 e. The quantitative estimate of drug-likeness (QED) is 0.863. The Morgan fingerprint density at radius 2 is 2.21 bits per heavy atom. The monoisotopic (exact) mass is 319 g/mol. The Bertz CT molecular complexity index is 354. The summed E-state index contributed by atoms with van der Waals surface area (Å²) in [6.45, 7) is 1.41. The van der Waals surface area contributed by atoms with Gasteiger partial charge in [0.15, 0.2) is 0 Å². The highest BCUT2D eigenvalue weighted by Gasteiger charge is 2.20. The normalized spacial score (nSPS) is 20.1. The summed E-state index contributed by atoms with van der Waals surface area (Å²) < 4.78 is 7.75. The maximum atomic E-state index is 5.67. The molecule has 1 aliphatic rings. The van der Waals surface area contributed by atoms with Crippen molar-refractivity contribution in [3.8, 4) is 5.75 Å². The fraction of sp³-hybridized carbons (Fsp3) is 0.400. The molecule has 1 aromatic carbocycles. The highest BCUT2D eigenvalue weighted by atomic mass is 79.9. The van der Waals surface area contributed by atoms with Crippen LogP contribution in [0.4, 0.5) is 0 Å². The Kier molecular flexibility index (Phi) is 3.14. The smallest absolute Gasteiger partial charge is 0.136 e. The van der Waals surface area contributed by atoms with Gasteiger partial charge in [-0.05, 0) is 46.6 Å². The van der Waals surface area contributed by atoms with E-state index in [0.717, 1.165) is 27.7 Å². The molecule has 0 fully saturated rings. The van der Waals surface area contributed by atoms with E-state index < -0.39 is 0 Å². The average Bonchev–Trinajstić information content (AvgIpc) is 2.16. The fourth-order valence-corrected chi connectivity index (χ4v) is 3.08. The molecule has 1 aliphatic heterocycles. The molecule has 0 saturated carbocycles. The van der Waals surface area contributed by atoms with Gasteiger partial charge in [0.25, 0.3) is 0 Å². The zero-order valence-electron chi connectivity index (χ0n) is 7.59. The summed E-state index contributed by atoms with van der Waals surface area (Å²) in [4.78, 5) is 0. The van der Waals surface area contributed by atoms with Crippen molar-refractivity contribution in [1.29, 1.82) is 0 Å². The number of hydrogen-bond donors (Lipinski definition) is 1. The van der Waals surface area contributed by atoms with Crippen molar-refractivity contribution in [2.45, 2.75) is 6.42 Å². The van der Waals surface area contributed by atoms with E-state index in [1.165, 1.54) is 5.56 Å². The summed E-state index contributed by atoms with van der Waals surface area (Å²) in [6, 6.07) is 4.10. The van der Waals surface area contributed by atoms with Gasteiger partial charge in [0.2, 0.25) is 0 Å². The number of hydrogen-bond acceptors (Lipinski definition) is 2. The highest BCUT2D eigenvalue weighted by Crippen LogP contribution is 2.36. The minimum atomic E-state index is 0.448. The third kappa shape index (κ3) is 1.97. The Morgan fingerprint density at radius 1 is 1.43 bits per heavy atom. The van der Waals surface area contributed by atoms with Crippen LogP contribution in [0.25, 0.3) is 0 Å². The molecule has 76 valence electrons. The van der Waals surface area contributed by atoms with Crippen molar-refractivity contribution >= 4 is 31.9 Å². The molecule has 0 saturated heterocycles. The third-order valence-corrected chi connectivity index (χ3v) is 3.44. The van der Waals surface area contributed by atoms with E-state index in [9.17, 15) is 0 Å². The van der Waals surface area contributed by atoms with E-state index in [1.807, 2.05) is 6.07 Å². The molecule has 1 heterocycles. The molecule has 0 aromatic heterocycles. The molecule has 14 heavy (non-hydrogen) atoms. The van der Waals surface area contributed by atoms with Crippen LogP contribution in [0.2, 0.25) is 0 Å². The van der Waals surface area contributed by atoms with Crippen molar-refractivity contribution < 1.29 is 4.74 Å². The molecule has 2 nitrogen and oxygen atoms in total. The summed E-state index contributed by atoms with van der Waals surface area (Å²) in [6.07, 6.45) is 1.00. The molecule has 0 aliphatic carbocycles. The second-order valence-corrected chi connectivity index (χ2v) is 5.26. The van der Waals surface area contributed by atoms with E-state index in [4.69, 9.17) is 10.5 Å². The summed E-state index contributed by atoms with van der Waals surface area (Å²) in [5, 5.41) is 0. The molecule has 1 atom stereocenters. The maximum Gasteiger partial charge on any atom is 0.136 e. The molecular formula is C10H11Br2NO. The SMILES string of the molecule is NCC1COc2c(Br)cc(Br)cc2C1. The lowest BCUT2D eigenvalue weighted by molar-refractivity contribution is 0.225. The number of halogens is 2. The standard InChI is InChI=1S/C10H11Br2NO/c11-8-2-7-1-6(4-13)5-14-10(7)9(12)3-8/h2-3,6H,1,4-5,13H2. The van der Waals surface area contributed by atoms with Crippen LogP contribution in [0, 0.1) is 5.92 Å². The van der Waals surface area contributed by atoms with E-state index in [-0.39, 0.29) is 0 Å². The Hall–Kier alpha value is -0.0600. The van der Waals surface area contributed by atoms with Crippen LogP contribution in [0.1, 0.15) is 5.56 Å². The van der Waals surface area contributed by atoms with Gasteiger partial charge in [-0.1, -0.05) is 15.9 Å². The Morgan fingerprint density at radius 3 is 2.93 bits per heavy atom. The predicted molar refractivity (Wildman–Crippen MR) is 63.6 cm³/mol. The van der Waals surface area contributed by atoms with Gasteiger partial charge in [0, 0.05) is 10.4 Å². The summed E-state index contributed by atoms with van der Waals surface area (Å²) in [5.41, 5.74) is 6.86. The molecule has 0 spiro atoms. The lowest BCUT2D eigenvalue weighted by Crippen LogP contribution is -2.27. The lowest BCUT2D eigenvalue weighted by Gasteiger charge is -2.25. The van der Waals surface area contributed by atoms with Gasteiger partial charge in [-0.25, -0.2) is 0 Å². The Labute approximate surface area is 100 Å². The number of ether oxygens (including phenoxy) is 1. The number of nitrogens with two attached hydrogens (primary N) is 1. The number of fused-ring (bicyclic) bond motifs is 1. The zero-order chi connectivity index (χ0) is 10.1. The lowest BCUT2D eigenvalue weighted by atomic mass is 9.97. The van der Waals surface area contributed by atoms with Crippen LogP contribution >= 0.6 is 31.9 Å². The van der Waals surface area contributed by atoms with Crippen LogP contribution in [0.5, 0.6) is 5.75 Å². The average molecular weight is 321 g/mol. The first kappa shape index (κ1) is 10.5. The van der Waals surface area contributed by atoms with Crippen LogP contribution in [0.15, 0.2) is 21.1 Å². The first-order valence-corrected chi connectivity index (χ1v) is 6.10. The van der Waals surface area contributed by atoms with Crippen molar-refractivity contribution in [2.75, 3.05) is 13.2 Å². The molecule has 1 aromatic rings. The maximum absolute atomic E-state index is 5.67. The van der Waals surface area contributed by atoms with Gasteiger partial charge in [-0.3, -0.25) is 0 Å². The Balaban J connectivity index is 2.37. The van der Waals surface area contributed by atoms with Gasteiger partial charge in [0.1, 0.15) is 5.75 Å². The van der Waals surface area contributed by atoms with E-state index >= 15 is 0 Å². The molecule has 0 amide bonds.